The normalized spacial score (nSPS) is 10.2. The average Bonchev–Trinajstić information content (AvgIpc) is 2.78. The summed E-state index contributed by atoms with van der Waals surface area (Å²) in [4.78, 5) is 25.7. The quantitative estimate of drug-likeness (QED) is 0.812. The number of benzene rings is 1. The number of carboxylic acid groups (broad SMARTS) is 1. The van der Waals surface area contributed by atoms with Crippen LogP contribution in [0.15, 0.2) is 34.9 Å². The topological polar surface area (TPSA) is 82.2 Å². The van der Waals surface area contributed by atoms with E-state index in [1.165, 1.54) is 6.07 Å². The van der Waals surface area contributed by atoms with Gasteiger partial charge in [0.15, 0.2) is 0 Å². The first kappa shape index (κ1) is 13.4. The lowest BCUT2D eigenvalue weighted by Crippen LogP contribution is -2.13. The van der Waals surface area contributed by atoms with Gasteiger partial charge in [0, 0.05) is 16.4 Å². The number of aromatic carboxylic acids is 1. The molecular formula is C13H11BrN2O3. The number of anilines is 1. The fourth-order valence-electron chi connectivity index (χ4n) is 1.63. The Balaban J connectivity index is 2.22. The van der Waals surface area contributed by atoms with E-state index < -0.39 is 5.97 Å². The summed E-state index contributed by atoms with van der Waals surface area (Å²) >= 11 is 3.24. The number of amides is 1. The highest BCUT2D eigenvalue weighted by Crippen LogP contribution is 2.17. The van der Waals surface area contributed by atoms with E-state index in [9.17, 15) is 9.59 Å². The van der Waals surface area contributed by atoms with E-state index in [2.05, 4.69) is 26.2 Å². The number of hydrogen-bond acceptors (Lipinski definition) is 2. The van der Waals surface area contributed by atoms with Crippen LogP contribution < -0.4 is 5.32 Å². The summed E-state index contributed by atoms with van der Waals surface area (Å²) in [5, 5.41) is 11.7. The van der Waals surface area contributed by atoms with Gasteiger partial charge in [0.2, 0.25) is 0 Å². The van der Waals surface area contributed by atoms with Crippen molar-refractivity contribution in [3.8, 4) is 0 Å². The van der Waals surface area contributed by atoms with Gasteiger partial charge < -0.3 is 15.4 Å². The minimum absolute atomic E-state index is 0.172. The molecule has 0 aliphatic heterocycles. The van der Waals surface area contributed by atoms with E-state index in [-0.39, 0.29) is 11.5 Å². The van der Waals surface area contributed by atoms with Crippen LogP contribution in [0.4, 0.5) is 5.69 Å². The van der Waals surface area contributed by atoms with Crippen LogP contribution >= 0.6 is 15.9 Å². The lowest BCUT2D eigenvalue weighted by molar-refractivity contribution is 0.0695. The minimum Gasteiger partial charge on any atom is -0.478 e. The second-order valence-corrected chi connectivity index (χ2v) is 4.94. The Hall–Kier alpha value is -2.08. The van der Waals surface area contributed by atoms with Crippen molar-refractivity contribution in [2.75, 3.05) is 5.32 Å². The number of nitrogens with one attached hydrogen (secondary N) is 2. The molecule has 19 heavy (non-hydrogen) atoms. The maximum Gasteiger partial charge on any atom is 0.336 e. The molecule has 1 amide bonds. The van der Waals surface area contributed by atoms with Crippen LogP contribution in [0.1, 0.15) is 26.4 Å². The second kappa shape index (κ2) is 5.27. The van der Waals surface area contributed by atoms with E-state index in [0.717, 1.165) is 4.47 Å². The molecule has 2 aromatic rings. The highest BCUT2D eigenvalue weighted by Gasteiger charge is 2.11. The maximum absolute atomic E-state index is 11.9. The lowest BCUT2D eigenvalue weighted by atomic mass is 10.1. The highest BCUT2D eigenvalue weighted by atomic mass is 79.9. The SMILES string of the molecule is Cc1ccc(NC(=O)c2cc(Br)c[nH]2)cc1C(=O)O. The molecule has 1 aromatic carbocycles. The van der Waals surface area contributed by atoms with Crippen molar-refractivity contribution in [2.24, 2.45) is 0 Å². The Labute approximate surface area is 117 Å². The summed E-state index contributed by atoms with van der Waals surface area (Å²) in [7, 11) is 0. The average molecular weight is 323 g/mol. The monoisotopic (exact) mass is 322 g/mol. The lowest BCUT2D eigenvalue weighted by Gasteiger charge is -2.06. The molecule has 0 aliphatic rings. The van der Waals surface area contributed by atoms with E-state index in [0.29, 0.717) is 16.9 Å². The Bertz CT molecular complexity index is 649. The summed E-state index contributed by atoms with van der Waals surface area (Å²) in [6, 6.07) is 6.40. The van der Waals surface area contributed by atoms with Crippen LogP contribution in [0, 0.1) is 6.92 Å². The molecule has 2 rings (SSSR count). The Morgan fingerprint density at radius 1 is 1.32 bits per heavy atom. The van der Waals surface area contributed by atoms with Crippen molar-refractivity contribution in [3.05, 3.63) is 51.8 Å². The maximum atomic E-state index is 11.9. The molecule has 5 nitrogen and oxygen atoms in total. The third kappa shape index (κ3) is 3.03. The van der Waals surface area contributed by atoms with Gasteiger partial charge in [-0.25, -0.2) is 4.79 Å². The van der Waals surface area contributed by atoms with Gasteiger partial charge in [0.1, 0.15) is 5.69 Å². The zero-order chi connectivity index (χ0) is 14.0. The molecule has 0 unspecified atom stereocenters. The number of aromatic nitrogens is 1. The van der Waals surface area contributed by atoms with Gasteiger partial charge in [0.05, 0.1) is 5.56 Å². The summed E-state index contributed by atoms with van der Waals surface area (Å²) < 4.78 is 0.771. The largest absolute Gasteiger partial charge is 0.478 e. The van der Waals surface area contributed by atoms with E-state index in [4.69, 9.17) is 5.11 Å². The molecule has 0 fully saturated rings. The zero-order valence-electron chi connectivity index (χ0n) is 10.0. The van der Waals surface area contributed by atoms with E-state index in [1.807, 2.05) is 0 Å². The van der Waals surface area contributed by atoms with Crippen molar-refractivity contribution in [1.29, 1.82) is 0 Å². The van der Waals surface area contributed by atoms with Gasteiger partial charge in [-0.05, 0) is 46.6 Å². The van der Waals surface area contributed by atoms with Gasteiger partial charge in [-0.15, -0.1) is 0 Å². The van der Waals surface area contributed by atoms with Gasteiger partial charge in [-0.1, -0.05) is 6.07 Å². The fraction of sp³-hybridized carbons (Fsp3) is 0.0769. The summed E-state index contributed by atoms with van der Waals surface area (Å²) in [5.41, 5.74) is 1.65. The molecule has 3 N–H and O–H groups in total. The number of rotatable bonds is 3. The summed E-state index contributed by atoms with van der Waals surface area (Å²) in [6.07, 6.45) is 1.65. The van der Waals surface area contributed by atoms with E-state index in [1.54, 1.807) is 31.3 Å². The molecule has 0 aliphatic carbocycles. The van der Waals surface area contributed by atoms with Crippen molar-refractivity contribution < 1.29 is 14.7 Å². The van der Waals surface area contributed by atoms with Crippen molar-refractivity contribution in [1.82, 2.24) is 4.98 Å². The first-order valence-corrected chi connectivity index (χ1v) is 6.26. The smallest absolute Gasteiger partial charge is 0.336 e. The molecule has 6 heteroatoms. The third-order valence-electron chi connectivity index (χ3n) is 2.62. The number of H-pyrrole nitrogens is 1. The Kier molecular flexibility index (Phi) is 3.71. The number of carbonyl (C=O) groups is 2. The predicted octanol–water partition coefficient (Wildman–Crippen LogP) is 3.04. The van der Waals surface area contributed by atoms with Crippen molar-refractivity contribution in [3.63, 3.8) is 0 Å². The molecule has 0 saturated carbocycles. The summed E-state index contributed by atoms with van der Waals surface area (Å²) in [5.74, 6) is -1.35. The van der Waals surface area contributed by atoms with Gasteiger partial charge in [-0.3, -0.25) is 4.79 Å². The third-order valence-corrected chi connectivity index (χ3v) is 3.08. The molecule has 0 spiro atoms. The number of halogens is 1. The van der Waals surface area contributed by atoms with Crippen LogP contribution in [0.2, 0.25) is 0 Å². The van der Waals surface area contributed by atoms with Gasteiger partial charge >= 0.3 is 5.97 Å². The fourth-order valence-corrected chi connectivity index (χ4v) is 1.97. The number of carboxylic acids is 1. The Morgan fingerprint density at radius 2 is 2.05 bits per heavy atom. The molecule has 1 heterocycles. The standard InChI is InChI=1S/C13H11BrN2O3/c1-7-2-3-9(5-10(7)13(18)19)16-12(17)11-4-8(14)6-15-11/h2-6,15H,1H3,(H,16,17)(H,18,19). The molecule has 0 atom stereocenters. The van der Waals surface area contributed by atoms with Crippen molar-refractivity contribution in [2.45, 2.75) is 6.92 Å². The number of aryl methyl sites for hydroxylation is 1. The zero-order valence-corrected chi connectivity index (χ0v) is 11.6. The minimum atomic E-state index is -1.02. The molecular weight excluding hydrogens is 312 g/mol. The molecule has 0 bridgehead atoms. The van der Waals surface area contributed by atoms with E-state index >= 15 is 0 Å². The van der Waals surface area contributed by atoms with Gasteiger partial charge in [0.25, 0.3) is 5.91 Å². The van der Waals surface area contributed by atoms with Crippen LogP contribution in [0.3, 0.4) is 0 Å². The molecule has 0 saturated heterocycles. The molecule has 98 valence electrons. The summed E-state index contributed by atoms with van der Waals surface area (Å²) in [6.45, 7) is 1.71. The molecule has 1 aromatic heterocycles. The van der Waals surface area contributed by atoms with Crippen LogP contribution in [-0.4, -0.2) is 22.0 Å². The Morgan fingerprint density at radius 3 is 2.63 bits per heavy atom. The first-order valence-electron chi connectivity index (χ1n) is 5.46. The van der Waals surface area contributed by atoms with Crippen molar-refractivity contribution >= 4 is 33.5 Å². The van der Waals surface area contributed by atoms with Crippen LogP contribution in [-0.2, 0) is 0 Å². The predicted molar refractivity (Wildman–Crippen MR) is 74.6 cm³/mol. The second-order valence-electron chi connectivity index (χ2n) is 4.02. The van der Waals surface area contributed by atoms with Crippen LogP contribution in [0.25, 0.3) is 0 Å². The highest BCUT2D eigenvalue weighted by molar-refractivity contribution is 9.10. The van der Waals surface area contributed by atoms with Crippen LogP contribution in [0.5, 0.6) is 0 Å². The number of aromatic amines is 1. The van der Waals surface area contributed by atoms with Gasteiger partial charge in [-0.2, -0.15) is 0 Å². The number of hydrogen-bond donors (Lipinski definition) is 3. The first-order chi connectivity index (χ1) is 8.97. The molecule has 0 radical (unpaired) electrons. The number of carbonyl (C=O) groups excluding carboxylic acids is 1.